The second-order valence-corrected chi connectivity index (χ2v) is 11.0. The van der Waals surface area contributed by atoms with Crippen molar-refractivity contribution in [3.63, 3.8) is 0 Å². The number of allylic oxidation sites excluding steroid dienone is 3. The molecule has 0 fully saturated rings. The van der Waals surface area contributed by atoms with Gasteiger partial charge in [0.25, 0.3) is 0 Å². The van der Waals surface area contributed by atoms with E-state index in [1.807, 2.05) is 0 Å². The topological polar surface area (TPSA) is 6.48 Å². The Morgan fingerprint density at radius 2 is 1.62 bits per heavy atom. The molecule has 0 saturated heterocycles. The Hall–Kier alpha value is -3.00. The first kappa shape index (κ1) is 22.8. The molecule has 0 spiro atoms. The second-order valence-electron chi connectivity index (χ2n) is 11.0. The first-order valence-electron chi connectivity index (χ1n) is 12.8. The molecule has 2 nitrogen and oxygen atoms in total. The van der Waals surface area contributed by atoms with Crippen LogP contribution < -0.4 is 9.80 Å². The summed E-state index contributed by atoms with van der Waals surface area (Å²) in [6.07, 6.45) is 9.50. The maximum absolute atomic E-state index is 2.58. The molecule has 3 aromatic carbocycles. The summed E-state index contributed by atoms with van der Waals surface area (Å²) < 4.78 is 0. The van der Waals surface area contributed by atoms with E-state index in [9.17, 15) is 0 Å². The van der Waals surface area contributed by atoms with Gasteiger partial charge in [0.2, 0.25) is 0 Å². The summed E-state index contributed by atoms with van der Waals surface area (Å²) in [5.74, 6) is 0. The van der Waals surface area contributed by atoms with E-state index in [1.54, 1.807) is 0 Å². The van der Waals surface area contributed by atoms with Gasteiger partial charge in [-0.1, -0.05) is 102 Å². The minimum Gasteiger partial charge on any atom is -0.367 e. The highest BCUT2D eigenvalue weighted by Gasteiger charge is 2.42. The lowest BCUT2D eigenvalue weighted by molar-refractivity contribution is 0.488. The fraction of sp³-hybridized carbons (Fsp3) is 0.375. The van der Waals surface area contributed by atoms with E-state index in [2.05, 4.69) is 130 Å². The van der Waals surface area contributed by atoms with Crippen LogP contribution in [0.15, 0.2) is 84.6 Å². The molecule has 176 valence electrons. The molecule has 2 aliphatic heterocycles. The maximum atomic E-state index is 2.58. The summed E-state index contributed by atoms with van der Waals surface area (Å²) in [4.78, 5) is 5.01. The van der Waals surface area contributed by atoms with Gasteiger partial charge < -0.3 is 9.80 Å². The molecule has 0 radical (unpaired) electrons. The quantitative estimate of drug-likeness (QED) is 0.389. The molecule has 34 heavy (non-hydrogen) atoms. The van der Waals surface area contributed by atoms with Crippen molar-refractivity contribution in [3.8, 4) is 0 Å². The lowest BCUT2D eigenvalue weighted by atomic mass is 9.80. The van der Waals surface area contributed by atoms with Crippen LogP contribution in [-0.4, -0.2) is 19.6 Å². The van der Waals surface area contributed by atoms with Gasteiger partial charge in [-0.25, -0.2) is 0 Å². The number of anilines is 2. The molecule has 2 heteroatoms. The normalized spacial score (nSPS) is 21.6. The molecule has 0 aromatic heterocycles. The van der Waals surface area contributed by atoms with Gasteiger partial charge in [-0.15, -0.1) is 0 Å². The SMILES string of the molecule is CCCCN1C(=CC=CC2N(C)c3ccccc3C2(C)C)C(C)(C)c2c1ccc1ccccc21. The zero-order valence-corrected chi connectivity index (χ0v) is 21.6. The molecule has 2 heterocycles. The minimum absolute atomic E-state index is 0.0473. The molecule has 5 rings (SSSR count). The molecule has 0 bridgehead atoms. The summed E-state index contributed by atoms with van der Waals surface area (Å²) in [6.45, 7) is 12.9. The number of benzene rings is 3. The number of unbranched alkanes of at least 4 members (excludes halogenated alkanes) is 1. The summed E-state index contributed by atoms with van der Waals surface area (Å²) >= 11 is 0. The van der Waals surface area contributed by atoms with Crippen molar-refractivity contribution < 1.29 is 0 Å². The minimum atomic E-state index is -0.0473. The van der Waals surface area contributed by atoms with E-state index >= 15 is 0 Å². The number of fused-ring (bicyclic) bond motifs is 4. The van der Waals surface area contributed by atoms with E-state index in [4.69, 9.17) is 0 Å². The summed E-state index contributed by atoms with van der Waals surface area (Å²) in [5, 5.41) is 2.71. The third-order valence-electron chi connectivity index (χ3n) is 8.17. The summed E-state index contributed by atoms with van der Waals surface area (Å²) in [5.41, 5.74) is 7.05. The Morgan fingerprint density at radius 3 is 2.38 bits per heavy atom. The fourth-order valence-corrected chi connectivity index (χ4v) is 6.33. The first-order valence-corrected chi connectivity index (χ1v) is 12.8. The van der Waals surface area contributed by atoms with E-state index in [0.29, 0.717) is 6.04 Å². The highest BCUT2D eigenvalue weighted by Crippen LogP contribution is 2.51. The molecular formula is C32H38N2. The van der Waals surface area contributed by atoms with E-state index in [0.717, 1.165) is 6.54 Å². The van der Waals surface area contributed by atoms with Crippen LogP contribution >= 0.6 is 0 Å². The molecular weight excluding hydrogens is 412 g/mol. The van der Waals surface area contributed by atoms with Crippen molar-refractivity contribution in [1.82, 2.24) is 0 Å². The average molecular weight is 451 g/mol. The lowest BCUT2D eigenvalue weighted by Crippen LogP contribution is -2.37. The van der Waals surface area contributed by atoms with Gasteiger partial charge in [-0.05, 0) is 46.5 Å². The van der Waals surface area contributed by atoms with Gasteiger partial charge in [0, 0.05) is 41.5 Å². The average Bonchev–Trinajstić information content (AvgIpc) is 3.17. The first-order chi connectivity index (χ1) is 16.3. The third kappa shape index (κ3) is 3.38. The predicted octanol–water partition coefficient (Wildman–Crippen LogP) is 7.97. The number of hydrogen-bond donors (Lipinski definition) is 0. The van der Waals surface area contributed by atoms with E-state index in [-0.39, 0.29) is 10.8 Å². The van der Waals surface area contributed by atoms with Crippen molar-refractivity contribution in [2.45, 2.75) is 64.3 Å². The van der Waals surface area contributed by atoms with Gasteiger partial charge in [0.05, 0.1) is 6.04 Å². The van der Waals surface area contributed by atoms with Crippen molar-refractivity contribution in [3.05, 3.63) is 95.7 Å². The van der Waals surface area contributed by atoms with Crippen LogP contribution in [0.1, 0.15) is 58.6 Å². The van der Waals surface area contributed by atoms with Crippen LogP contribution in [0.3, 0.4) is 0 Å². The molecule has 0 saturated carbocycles. The smallest absolute Gasteiger partial charge is 0.0565 e. The lowest BCUT2D eigenvalue weighted by Gasteiger charge is -2.30. The van der Waals surface area contributed by atoms with Crippen LogP contribution in [-0.2, 0) is 10.8 Å². The van der Waals surface area contributed by atoms with Gasteiger partial charge in [-0.2, -0.15) is 0 Å². The Kier molecular flexibility index (Phi) is 5.59. The number of rotatable bonds is 5. The van der Waals surface area contributed by atoms with Crippen molar-refractivity contribution >= 4 is 22.1 Å². The Morgan fingerprint density at radius 1 is 0.882 bits per heavy atom. The highest BCUT2D eigenvalue weighted by atomic mass is 15.2. The van der Waals surface area contributed by atoms with Crippen LogP contribution in [0, 0.1) is 0 Å². The maximum Gasteiger partial charge on any atom is 0.0565 e. The molecule has 2 aliphatic rings. The van der Waals surface area contributed by atoms with E-state index in [1.165, 1.54) is 51.8 Å². The monoisotopic (exact) mass is 450 g/mol. The largest absolute Gasteiger partial charge is 0.367 e. The van der Waals surface area contributed by atoms with Gasteiger partial charge in [0.15, 0.2) is 0 Å². The zero-order chi connectivity index (χ0) is 24.1. The number of para-hydroxylation sites is 1. The molecule has 1 atom stereocenters. The van der Waals surface area contributed by atoms with Crippen LogP contribution in [0.2, 0.25) is 0 Å². The Balaban J connectivity index is 1.55. The van der Waals surface area contributed by atoms with Crippen molar-refractivity contribution in [1.29, 1.82) is 0 Å². The van der Waals surface area contributed by atoms with Crippen LogP contribution in [0.25, 0.3) is 10.8 Å². The van der Waals surface area contributed by atoms with Crippen LogP contribution in [0.4, 0.5) is 11.4 Å². The van der Waals surface area contributed by atoms with Gasteiger partial charge in [-0.3, -0.25) is 0 Å². The van der Waals surface area contributed by atoms with Gasteiger partial charge in [0.1, 0.15) is 0 Å². The molecule has 0 amide bonds. The molecule has 1 unspecified atom stereocenters. The number of likely N-dealkylation sites (N-methyl/N-ethyl adjacent to an activating group) is 1. The van der Waals surface area contributed by atoms with Crippen molar-refractivity contribution in [2.24, 2.45) is 0 Å². The molecule has 0 aliphatic carbocycles. The summed E-state index contributed by atoms with van der Waals surface area (Å²) in [6, 6.07) is 22.6. The highest BCUT2D eigenvalue weighted by molar-refractivity contribution is 5.94. The number of nitrogens with zero attached hydrogens (tertiary/aromatic N) is 2. The van der Waals surface area contributed by atoms with Crippen molar-refractivity contribution in [2.75, 3.05) is 23.4 Å². The van der Waals surface area contributed by atoms with Gasteiger partial charge >= 0.3 is 0 Å². The van der Waals surface area contributed by atoms with E-state index < -0.39 is 0 Å². The van der Waals surface area contributed by atoms with Crippen LogP contribution in [0.5, 0.6) is 0 Å². The third-order valence-corrected chi connectivity index (χ3v) is 8.17. The fourth-order valence-electron chi connectivity index (χ4n) is 6.33. The molecule has 0 N–H and O–H groups in total. The summed E-state index contributed by atoms with van der Waals surface area (Å²) in [7, 11) is 2.23. The zero-order valence-electron chi connectivity index (χ0n) is 21.6. The Labute approximate surface area is 205 Å². The molecule has 3 aromatic rings. The predicted molar refractivity (Wildman–Crippen MR) is 148 cm³/mol. The Bertz CT molecular complexity index is 1280. The standard InChI is InChI=1S/C32H38N2/c1-7-8-22-34-27-21-20-23-14-9-10-15-24(23)30(27)32(4,5)29(34)19-13-18-28-31(2,3)25-16-11-12-17-26(25)33(28)6/h9-21,28H,7-8,22H2,1-6H3. The number of hydrogen-bond acceptors (Lipinski definition) is 2. The second kappa shape index (κ2) is 8.34.